The predicted molar refractivity (Wildman–Crippen MR) is 100 cm³/mol. The molecular formula is C20H19N3O4. The number of para-hydroxylation sites is 1. The average Bonchev–Trinajstić information content (AvgIpc) is 3.37. The van der Waals surface area contributed by atoms with Gasteiger partial charge in [0, 0.05) is 29.5 Å². The molecule has 1 heterocycles. The molecule has 2 aromatic rings. The topological polar surface area (TPSA) is 98.7 Å². The number of carbonyl (C=O) groups is 3. The number of hydrogen-bond acceptors (Lipinski definition) is 3. The predicted octanol–water partition coefficient (Wildman–Crippen LogP) is 2.80. The molecule has 7 heteroatoms. The van der Waals surface area contributed by atoms with Gasteiger partial charge in [0.1, 0.15) is 5.92 Å². The van der Waals surface area contributed by atoms with E-state index in [4.69, 9.17) is 0 Å². The first kappa shape index (κ1) is 17.1. The van der Waals surface area contributed by atoms with Gasteiger partial charge in [-0.15, -0.1) is 0 Å². The molecule has 0 bridgehead atoms. The SMILES string of the molecule is O=C(Nc1cccc(C(=O)N2CC(C(=O)O)c3ccccc32)c1)NC1CC1. The fraction of sp³-hybridized carbons (Fsp3) is 0.250. The van der Waals surface area contributed by atoms with E-state index in [1.807, 2.05) is 0 Å². The second kappa shape index (κ2) is 6.75. The summed E-state index contributed by atoms with van der Waals surface area (Å²) >= 11 is 0. The van der Waals surface area contributed by atoms with Crippen LogP contribution in [0, 0.1) is 0 Å². The minimum absolute atomic E-state index is 0.0906. The van der Waals surface area contributed by atoms with Gasteiger partial charge in [0.05, 0.1) is 0 Å². The van der Waals surface area contributed by atoms with Crippen LogP contribution in [-0.2, 0) is 4.79 Å². The van der Waals surface area contributed by atoms with Crippen molar-refractivity contribution in [1.82, 2.24) is 5.32 Å². The van der Waals surface area contributed by atoms with Crippen molar-refractivity contribution in [1.29, 1.82) is 0 Å². The maximum Gasteiger partial charge on any atom is 0.319 e. The van der Waals surface area contributed by atoms with E-state index in [2.05, 4.69) is 10.6 Å². The van der Waals surface area contributed by atoms with Crippen LogP contribution in [0.2, 0.25) is 0 Å². The first-order chi connectivity index (χ1) is 13.0. The Morgan fingerprint density at radius 2 is 1.81 bits per heavy atom. The van der Waals surface area contributed by atoms with Crippen LogP contribution in [0.15, 0.2) is 48.5 Å². The summed E-state index contributed by atoms with van der Waals surface area (Å²) in [5.74, 6) is -1.99. The lowest BCUT2D eigenvalue weighted by Gasteiger charge is -2.18. The van der Waals surface area contributed by atoms with E-state index in [9.17, 15) is 19.5 Å². The van der Waals surface area contributed by atoms with Gasteiger partial charge < -0.3 is 20.6 Å². The minimum atomic E-state index is -0.954. The second-order valence-electron chi connectivity index (χ2n) is 6.82. The van der Waals surface area contributed by atoms with E-state index in [0.29, 0.717) is 22.5 Å². The minimum Gasteiger partial charge on any atom is -0.481 e. The number of hydrogen-bond donors (Lipinski definition) is 3. The Morgan fingerprint density at radius 1 is 1.04 bits per heavy atom. The van der Waals surface area contributed by atoms with Crippen LogP contribution >= 0.6 is 0 Å². The molecule has 2 aliphatic rings. The summed E-state index contributed by atoms with van der Waals surface area (Å²) in [6, 6.07) is 13.6. The summed E-state index contributed by atoms with van der Waals surface area (Å²) in [4.78, 5) is 37.9. The highest BCUT2D eigenvalue weighted by Crippen LogP contribution is 2.37. The van der Waals surface area contributed by atoms with Crippen molar-refractivity contribution < 1.29 is 19.5 Å². The summed E-state index contributed by atoms with van der Waals surface area (Å²) in [6.45, 7) is 0.0906. The fourth-order valence-electron chi connectivity index (χ4n) is 3.28. The molecule has 3 N–H and O–H groups in total. The lowest BCUT2D eigenvalue weighted by Crippen LogP contribution is -2.32. The van der Waals surface area contributed by atoms with E-state index in [0.717, 1.165) is 12.8 Å². The molecule has 27 heavy (non-hydrogen) atoms. The molecule has 1 fully saturated rings. The number of benzene rings is 2. The Hall–Kier alpha value is -3.35. The van der Waals surface area contributed by atoms with Gasteiger partial charge in [0.2, 0.25) is 0 Å². The monoisotopic (exact) mass is 365 g/mol. The van der Waals surface area contributed by atoms with Crippen LogP contribution in [0.3, 0.4) is 0 Å². The van der Waals surface area contributed by atoms with Crippen LogP contribution in [-0.4, -0.2) is 35.6 Å². The van der Waals surface area contributed by atoms with Crippen molar-refractivity contribution in [3.8, 4) is 0 Å². The molecule has 0 radical (unpaired) electrons. The highest BCUT2D eigenvalue weighted by Gasteiger charge is 2.36. The summed E-state index contributed by atoms with van der Waals surface area (Å²) in [5, 5.41) is 15.0. The third-order valence-corrected chi connectivity index (χ3v) is 4.79. The quantitative estimate of drug-likeness (QED) is 0.776. The van der Waals surface area contributed by atoms with Crippen molar-refractivity contribution >= 4 is 29.3 Å². The Kier molecular flexibility index (Phi) is 4.27. The maximum absolute atomic E-state index is 13.0. The van der Waals surface area contributed by atoms with E-state index in [1.54, 1.807) is 48.5 Å². The Bertz CT molecular complexity index is 923. The number of carboxylic acid groups (broad SMARTS) is 1. The van der Waals surface area contributed by atoms with Crippen molar-refractivity contribution in [3.63, 3.8) is 0 Å². The van der Waals surface area contributed by atoms with E-state index in [1.165, 1.54) is 4.90 Å². The van der Waals surface area contributed by atoms with Gasteiger partial charge in [0.25, 0.3) is 5.91 Å². The summed E-state index contributed by atoms with van der Waals surface area (Å²) in [5.41, 5.74) is 2.15. The van der Waals surface area contributed by atoms with E-state index in [-0.39, 0.29) is 24.5 Å². The maximum atomic E-state index is 13.0. The van der Waals surface area contributed by atoms with Crippen LogP contribution in [0.5, 0.6) is 0 Å². The number of nitrogens with zero attached hydrogens (tertiary/aromatic N) is 1. The summed E-state index contributed by atoms with van der Waals surface area (Å²) in [6.07, 6.45) is 1.98. The van der Waals surface area contributed by atoms with Crippen molar-refractivity contribution in [2.75, 3.05) is 16.8 Å². The van der Waals surface area contributed by atoms with Gasteiger partial charge in [-0.05, 0) is 42.7 Å². The van der Waals surface area contributed by atoms with Crippen molar-refractivity contribution in [2.24, 2.45) is 0 Å². The van der Waals surface area contributed by atoms with Gasteiger partial charge in [-0.1, -0.05) is 24.3 Å². The lowest BCUT2D eigenvalue weighted by atomic mass is 10.0. The molecule has 0 saturated heterocycles. The second-order valence-corrected chi connectivity index (χ2v) is 6.82. The van der Waals surface area contributed by atoms with Crippen LogP contribution in [0.25, 0.3) is 0 Å². The molecule has 7 nitrogen and oxygen atoms in total. The fourth-order valence-corrected chi connectivity index (χ4v) is 3.28. The zero-order valence-electron chi connectivity index (χ0n) is 14.5. The van der Waals surface area contributed by atoms with Crippen molar-refractivity contribution in [2.45, 2.75) is 24.8 Å². The van der Waals surface area contributed by atoms with Crippen LogP contribution in [0.1, 0.15) is 34.7 Å². The standard InChI is InChI=1S/C20H19N3O4/c24-18(23-11-16(19(25)26)15-6-1-2-7-17(15)23)12-4-3-5-14(10-12)22-20(27)21-13-8-9-13/h1-7,10,13,16H,8-9,11H2,(H,25,26)(H2,21,22,27). The number of amides is 3. The van der Waals surface area contributed by atoms with E-state index >= 15 is 0 Å². The molecule has 0 spiro atoms. The summed E-state index contributed by atoms with van der Waals surface area (Å²) in [7, 11) is 0. The number of anilines is 2. The Labute approximate surface area is 156 Å². The molecule has 0 aromatic heterocycles. The van der Waals surface area contributed by atoms with Gasteiger partial charge in [-0.25, -0.2) is 4.79 Å². The Balaban J connectivity index is 1.55. The largest absolute Gasteiger partial charge is 0.481 e. The van der Waals surface area contributed by atoms with Gasteiger partial charge in [0.15, 0.2) is 0 Å². The highest BCUT2D eigenvalue weighted by atomic mass is 16.4. The third-order valence-electron chi connectivity index (χ3n) is 4.79. The first-order valence-electron chi connectivity index (χ1n) is 8.84. The normalized spacial score (nSPS) is 17.9. The number of fused-ring (bicyclic) bond motifs is 1. The number of carbonyl (C=O) groups excluding carboxylic acids is 2. The lowest BCUT2D eigenvalue weighted by molar-refractivity contribution is -0.138. The summed E-state index contributed by atoms with van der Waals surface area (Å²) < 4.78 is 0. The third kappa shape index (κ3) is 3.48. The molecule has 3 amide bonds. The molecular weight excluding hydrogens is 346 g/mol. The number of aliphatic carboxylic acids is 1. The molecule has 1 aliphatic heterocycles. The smallest absolute Gasteiger partial charge is 0.319 e. The van der Waals surface area contributed by atoms with Gasteiger partial charge in [-0.3, -0.25) is 9.59 Å². The zero-order valence-corrected chi connectivity index (χ0v) is 14.5. The number of urea groups is 1. The van der Waals surface area contributed by atoms with Crippen LogP contribution in [0.4, 0.5) is 16.2 Å². The van der Waals surface area contributed by atoms with Crippen LogP contribution < -0.4 is 15.5 Å². The van der Waals surface area contributed by atoms with Crippen molar-refractivity contribution in [3.05, 3.63) is 59.7 Å². The zero-order chi connectivity index (χ0) is 19.0. The van der Waals surface area contributed by atoms with E-state index < -0.39 is 11.9 Å². The molecule has 1 saturated carbocycles. The first-order valence-corrected chi connectivity index (χ1v) is 8.84. The van der Waals surface area contributed by atoms with Gasteiger partial charge in [-0.2, -0.15) is 0 Å². The molecule has 1 atom stereocenters. The molecule has 1 aliphatic carbocycles. The van der Waals surface area contributed by atoms with Gasteiger partial charge >= 0.3 is 12.0 Å². The molecule has 2 aromatic carbocycles. The average molecular weight is 365 g/mol. The number of rotatable bonds is 4. The molecule has 1 unspecified atom stereocenters. The molecule has 138 valence electrons. The number of carboxylic acids is 1. The Morgan fingerprint density at radius 3 is 2.56 bits per heavy atom. The highest BCUT2D eigenvalue weighted by molar-refractivity contribution is 6.09. The molecule has 4 rings (SSSR count). The number of nitrogens with one attached hydrogen (secondary N) is 2.